The van der Waals surface area contributed by atoms with Gasteiger partial charge in [-0.2, -0.15) is 0 Å². The molecule has 1 aromatic rings. The molecule has 2 saturated heterocycles. The minimum Gasteiger partial charge on any atom is -0.481 e. The van der Waals surface area contributed by atoms with E-state index in [0.29, 0.717) is 13.1 Å². The van der Waals surface area contributed by atoms with Crippen LogP contribution >= 0.6 is 0 Å². The van der Waals surface area contributed by atoms with Crippen molar-refractivity contribution in [3.8, 4) is 0 Å². The van der Waals surface area contributed by atoms with E-state index in [9.17, 15) is 14.7 Å². The first kappa shape index (κ1) is 19.4. The number of fused-ring (bicyclic) bond motifs is 1. The molecule has 1 N–H and O–H groups in total. The summed E-state index contributed by atoms with van der Waals surface area (Å²) in [4.78, 5) is 31.1. The van der Waals surface area contributed by atoms with Crippen LogP contribution in [-0.2, 0) is 16.1 Å². The standard InChI is InChI=1S/C22H31N3O3/c1-17-5-2-3-6-18(17)13-23-9-11-25(12-10-23)20(26)15-24-14-19-7-4-8-22(19,16-24)21(27)28/h2-3,5-6,19H,4,7-16H2,1H3,(H,27,28)/t19-,22+/m0/s1. The predicted octanol–water partition coefficient (Wildman–Crippen LogP) is 1.83. The van der Waals surface area contributed by atoms with Crippen LogP contribution in [0.1, 0.15) is 30.4 Å². The third kappa shape index (κ3) is 3.67. The van der Waals surface area contributed by atoms with Crippen molar-refractivity contribution in [1.29, 1.82) is 0 Å². The van der Waals surface area contributed by atoms with Gasteiger partial charge in [0, 0.05) is 45.8 Å². The van der Waals surface area contributed by atoms with Crippen molar-refractivity contribution < 1.29 is 14.7 Å². The van der Waals surface area contributed by atoms with Crippen LogP contribution in [0.4, 0.5) is 0 Å². The number of carboxylic acids is 1. The van der Waals surface area contributed by atoms with Gasteiger partial charge in [0.25, 0.3) is 0 Å². The van der Waals surface area contributed by atoms with E-state index in [1.165, 1.54) is 11.1 Å². The Morgan fingerprint density at radius 2 is 1.89 bits per heavy atom. The van der Waals surface area contributed by atoms with E-state index in [-0.39, 0.29) is 11.8 Å². The molecule has 2 heterocycles. The molecule has 0 unspecified atom stereocenters. The number of carboxylic acid groups (broad SMARTS) is 1. The maximum atomic E-state index is 12.8. The normalized spacial score (nSPS) is 28.5. The molecule has 1 saturated carbocycles. The van der Waals surface area contributed by atoms with Gasteiger partial charge in [-0.05, 0) is 36.8 Å². The summed E-state index contributed by atoms with van der Waals surface area (Å²) in [5, 5.41) is 9.72. The van der Waals surface area contributed by atoms with Crippen molar-refractivity contribution in [2.75, 3.05) is 45.8 Å². The monoisotopic (exact) mass is 385 g/mol. The Balaban J connectivity index is 1.27. The Morgan fingerprint density at radius 1 is 1.14 bits per heavy atom. The minimum atomic E-state index is -0.672. The Morgan fingerprint density at radius 3 is 2.57 bits per heavy atom. The second-order valence-corrected chi connectivity index (χ2v) is 8.80. The van der Waals surface area contributed by atoms with Crippen LogP contribution in [0, 0.1) is 18.3 Å². The van der Waals surface area contributed by atoms with E-state index in [0.717, 1.165) is 58.5 Å². The molecule has 4 rings (SSSR count). The van der Waals surface area contributed by atoms with E-state index < -0.39 is 11.4 Å². The molecule has 152 valence electrons. The fourth-order valence-corrected chi connectivity index (χ4v) is 5.34. The SMILES string of the molecule is Cc1ccccc1CN1CCN(C(=O)CN2C[C@@H]3CCC[C@@]3(C(=O)O)C2)CC1. The van der Waals surface area contributed by atoms with Crippen LogP contribution in [0.5, 0.6) is 0 Å². The summed E-state index contributed by atoms with van der Waals surface area (Å²) in [6, 6.07) is 8.47. The largest absolute Gasteiger partial charge is 0.481 e. The number of carbonyl (C=O) groups excluding carboxylic acids is 1. The second-order valence-electron chi connectivity index (χ2n) is 8.80. The van der Waals surface area contributed by atoms with E-state index in [2.05, 4.69) is 41.0 Å². The molecule has 3 aliphatic rings. The fourth-order valence-electron chi connectivity index (χ4n) is 5.34. The topological polar surface area (TPSA) is 64.1 Å². The molecule has 2 aliphatic heterocycles. The molecule has 0 bridgehead atoms. The number of aliphatic carboxylic acids is 1. The summed E-state index contributed by atoms with van der Waals surface area (Å²) in [5.41, 5.74) is 2.06. The summed E-state index contributed by atoms with van der Waals surface area (Å²) in [7, 11) is 0. The molecule has 1 aromatic carbocycles. The van der Waals surface area contributed by atoms with E-state index in [1.54, 1.807) is 0 Å². The summed E-state index contributed by atoms with van der Waals surface area (Å²) in [5.74, 6) is -0.311. The van der Waals surface area contributed by atoms with Gasteiger partial charge in [-0.15, -0.1) is 0 Å². The quantitative estimate of drug-likeness (QED) is 0.838. The highest BCUT2D eigenvalue weighted by Gasteiger charge is 2.54. The summed E-state index contributed by atoms with van der Waals surface area (Å²) >= 11 is 0. The summed E-state index contributed by atoms with van der Waals surface area (Å²) in [6.45, 7) is 8.02. The molecular weight excluding hydrogens is 354 g/mol. The highest BCUT2D eigenvalue weighted by atomic mass is 16.4. The van der Waals surface area contributed by atoms with Gasteiger partial charge in [0.15, 0.2) is 0 Å². The highest BCUT2D eigenvalue weighted by molar-refractivity contribution is 5.79. The van der Waals surface area contributed by atoms with Gasteiger partial charge in [0.2, 0.25) is 5.91 Å². The van der Waals surface area contributed by atoms with Crippen molar-refractivity contribution in [2.45, 2.75) is 32.7 Å². The lowest BCUT2D eigenvalue weighted by atomic mass is 9.81. The number of hydrogen-bond donors (Lipinski definition) is 1. The van der Waals surface area contributed by atoms with Crippen molar-refractivity contribution >= 4 is 11.9 Å². The maximum Gasteiger partial charge on any atom is 0.311 e. The van der Waals surface area contributed by atoms with Gasteiger partial charge in [0.1, 0.15) is 0 Å². The van der Waals surface area contributed by atoms with Gasteiger partial charge < -0.3 is 10.0 Å². The fraction of sp³-hybridized carbons (Fsp3) is 0.636. The van der Waals surface area contributed by atoms with E-state index in [1.807, 2.05) is 4.90 Å². The Hall–Kier alpha value is -1.92. The van der Waals surface area contributed by atoms with Crippen LogP contribution in [0.25, 0.3) is 0 Å². The number of aryl methyl sites for hydroxylation is 1. The van der Waals surface area contributed by atoms with Gasteiger partial charge in [0.05, 0.1) is 12.0 Å². The van der Waals surface area contributed by atoms with Gasteiger partial charge in [-0.3, -0.25) is 19.4 Å². The third-order valence-electron chi connectivity index (χ3n) is 7.11. The zero-order chi connectivity index (χ0) is 19.7. The Bertz CT molecular complexity index is 744. The molecule has 0 radical (unpaired) electrons. The smallest absolute Gasteiger partial charge is 0.311 e. The lowest BCUT2D eigenvalue weighted by Crippen LogP contribution is -2.51. The number of likely N-dealkylation sites (tertiary alicyclic amines) is 1. The van der Waals surface area contributed by atoms with Crippen LogP contribution < -0.4 is 0 Å². The van der Waals surface area contributed by atoms with Crippen molar-refractivity contribution in [2.24, 2.45) is 11.3 Å². The third-order valence-corrected chi connectivity index (χ3v) is 7.11. The molecule has 1 amide bonds. The van der Waals surface area contributed by atoms with Crippen LogP contribution in [-0.4, -0.2) is 77.5 Å². The first-order valence-electron chi connectivity index (χ1n) is 10.5. The van der Waals surface area contributed by atoms with Crippen LogP contribution in [0.15, 0.2) is 24.3 Å². The second kappa shape index (κ2) is 7.84. The number of benzene rings is 1. The van der Waals surface area contributed by atoms with Crippen molar-refractivity contribution in [3.05, 3.63) is 35.4 Å². The molecule has 1 aliphatic carbocycles. The number of carbonyl (C=O) groups is 2. The lowest BCUT2D eigenvalue weighted by molar-refractivity contribution is -0.149. The van der Waals surface area contributed by atoms with Crippen LogP contribution in [0.2, 0.25) is 0 Å². The zero-order valence-electron chi connectivity index (χ0n) is 16.8. The molecule has 6 nitrogen and oxygen atoms in total. The van der Waals surface area contributed by atoms with E-state index >= 15 is 0 Å². The molecule has 2 atom stereocenters. The first-order valence-corrected chi connectivity index (χ1v) is 10.5. The number of amides is 1. The lowest BCUT2D eigenvalue weighted by Gasteiger charge is -2.35. The minimum absolute atomic E-state index is 0.149. The van der Waals surface area contributed by atoms with Crippen molar-refractivity contribution in [3.63, 3.8) is 0 Å². The molecule has 0 spiro atoms. The average molecular weight is 386 g/mol. The molecule has 28 heavy (non-hydrogen) atoms. The zero-order valence-corrected chi connectivity index (χ0v) is 16.8. The predicted molar refractivity (Wildman–Crippen MR) is 107 cm³/mol. The Labute approximate surface area is 167 Å². The number of hydrogen-bond acceptors (Lipinski definition) is 4. The summed E-state index contributed by atoms with van der Waals surface area (Å²) < 4.78 is 0. The van der Waals surface area contributed by atoms with Gasteiger partial charge in [-0.1, -0.05) is 30.7 Å². The molecule has 0 aromatic heterocycles. The molecule has 3 fully saturated rings. The highest BCUT2D eigenvalue weighted by Crippen LogP contribution is 2.48. The number of piperazine rings is 1. The first-order chi connectivity index (χ1) is 13.5. The summed E-state index contributed by atoms with van der Waals surface area (Å²) in [6.07, 6.45) is 2.74. The molecular formula is C22H31N3O3. The van der Waals surface area contributed by atoms with Gasteiger partial charge in [-0.25, -0.2) is 0 Å². The van der Waals surface area contributed by atoms with Crippen LogP contribution in [0.3, 0.4) is 0 Å². The van der Waals surface area contributed by atoms with Gasteiger partial charge >= 0.3 is 5.97 Å². The average Bonchev–Trinajstić information content (AvgIpc) is 3.22. The maximum absolute atomic E-state index is 12.8. The molecule has 6 heteroatoms. The number of rotatable bonds is 5. The Kier molecular flexibility index (Phi) is 5.43. The number of nitrogens with zero attached hydrogens (tertiary/aromatic N) is 3. The van der Waals surface area contributed by atoms with E-state index in [4.69, 9.17) is 0 Å². The van der Waals surface area contributed by atoms with Crippen molar-refractivity contribution in [1.82, 2.24) is 14.7 Å².